The zero-order valence-corrected chi connectivity index (χ0v) is 20.4. The largest absolute Gasteiger partial charge is 0.418 e. The molecule has 0 spiro atoms. The van der Waals surface area contributed by atoms with Crippen molar-refractivity contribution in [2.75, 3.05) is 5.32 Å². The Morgan fingerprint density at radius 1 is 0.919 bits per heavy atom. The number of hydrogen-bond donors (Lipinski definition) is 2. The van der Waals surface area contributed by atoms with Gasteiger partial charge in [0, 0.05) is 11.5 Å². The molecule has 10 heteroatoms. The van der Waals surface area contributed by atoms with E-state index in [-0.39, 0.29) is 41.5 Å². The third-order valence-corrected chi connectivity index (χ3v) is 10.5. The van der Waals surface area contributed by atoms with E-state index in [1.807, 2.05) is 13.0 Å². The van der Waals surface area contributed by atoms with Gasteiger partial charge in [0.1, 0.15) is 0 Å². The molecular weight excluding hydrogens is 498 g/mol. The Morgan fingerprint density at radius 3 is 2.27 bits per heavy atom. The highest BCUT2D eigenvalue weighted by molar-refractivity contribution is 5.99. The average Bonchev–Trinajstić information content (AvgIpc) is 3.11. The van der Waals surface area contributed by atoms with E-state index in [0.717, 1.165) is 12.8 Å². The number of halogens is 6. The quantitative estimate of drug-likeness (QED) is 0.391. The van der Waals surface area contributed by atoms with Crippen molar-refractivity contribution in [3.63, 3.8) is 0 Å². The number of hydrogen-bond acceptors (Lipinski definition) is 2. The van der Waals surface area contributed by atoms with Crippen LogP contribution in [0.2, 0.25) is 0 Å². The molecule has 2 N–H and O–H groups in total. The van der Waals surface area contributed by atoms with Gasteiger partial charge in [-0.3, -0.25) is 9.59 Å². The summed E-state index contributed by atoms with van der Waals surface area (Å²) in [7, 11) is 0. The Hall–Kier alpha value is -2.52. The third-order valence-electron chi connectivity index (χ3n) is 10.5. The highest BCUT2D eigenvalue weighted by atomic mass is 19.4. The Bertz CT molecular complexity index is 1220. The standard InChI is InChI=1S/C27H28F6N2O2/c1-24-10-8-19(36)34-18(24)6-3-12-14(24)7-9-25(2)17(12)11-13-20-15(26(28,29)30)4-5-16(27(31,32)33)22(20)35-23(37)21(13)25/h4-5,8,10,12-14,17-18,21H,3,6-7,9,11H2,1-2H3,(H,34,36)(H,35,37)/t12-,13?,14+,17?,18-,21-,24-,25+/m1/s1. The number of carbonyl (C=O) groups is 2. The molecule has 2 aliphatic heterocycles. The van der Waals surface area contributed by atoms with Crippen molar-refractivity contribution in [2.24, 2.45) is 34.5 Å². The number of anilines is 1. The molecule has 0 radical (unpaired) electrons. The van der Waals surface area contributed by atoms with Gasteiger partial charge >= 0.3 is 12.4 Å². The van der Waals surface area contributed by atoms with Gasteiger partial charge in [0.05, 0.1) is 22.7 Å². The van der Waals surface area contributed by atoms with Crippen molar-refractivity contribution >= 4 is 17.5 Å². The fourth-order valence-corrected chi connectivity index (χ4v) is 8.97. The monoisotopic (exact) mass is 526 g/mol. The summed E-state index contributed by atoms with van der Waals surface area (Å²) in [5, 5.41) is 5.34. The van der Waals surface area contributed by atoms with Crippen LogP contribution in [0.25, 0.3) is 0 Å². The first-order chi connectivity index (χ1) is 17.2. The zero-order valence-electron chi connectivity index (χ0n) is 20.4. The Morgan fingerprint density at radius 2 is 1.59 bits per heavy atom. The van der Waals surface area contributed by atoms with Gasteiger partial charge in [0.25, 0.3) is 0 Å². The van der Waals surface area contributed by atoms with E-state index in [0.29, 0.717) is 25.0 Å². The van der Waals surface area contributed by atoms with Crippen molar-refractivity contribution in [1.82, 2.24) is 5.32 Å². The number of nitrogens with one attached hydrogen (secondary N) is 2. The molecule has 2 heterocycles. The summed E-state index contributed by atoms with van der Waals surface area (Å²) in [6.07, 6.45) is -3.23. The number of amides is 2. The topological polar surface area (TPSA) is 58.2 Å². The minimum absolute atomic E-state index is 0.0329. The number of rotatable bonds is 0. The number of carbonyl (C=O) groups excluding carboxylic acids is 2. The second-order valence-electron chi connectivity index (χ2n) is 12.0. The lowest BCUT2D eigenvalue weighted by molar-refractivity contribution is -0.142. The van der Waals surface area contributed by atoms with E-state index < -0.39 is 57.9 Å². The molecule has 6 rings (SSSR count). The lowest BCUT2D eigenvalue weighted by Gasteiger charge is -2.58. The average molecular weight is 527 g/mol. The first-order valence-electron chi connectivity index (χ1n) is 12.8. The maximum absolute atomic E-state index is 14.1. The van der Waals surface area contributed by atoms with Gasteiger partial charge in [-0.25, -0.2) is 0 Å². The van der Waals surface area contributed by atoms with E-state index in [4.69, 9.17) is 0 Å². The lowest BCUT2D eigenvalue weighted by atomic mass is 9.48. The van der Waals surface area contributed by atoms with Crippen LogP contribution in [-0.2, 0) is 21.9 Å². The first-order valence-corrected chi connectivity index (χ1v) is 12.8. The van der Waals surface area contributed by atoms with Gasteiger partial charge in [-0.15, -0.1) is 0 Å². The summed E-state index contributed by atoms with van der Waals surface area (Å²) >= 11 is 0. The summed E-state index contributed by atoms with van der Waals surface area (Å²) in [5.74, 6) is -2.38. The van der Waals surface area contributed by atoms with Crippen LogP contribution in [0.5, 0.6) is 0 Å². The van der Waals surface area contributed by atoms with Crippen molar-refractivity contribution in [3.8, 4) is 0 Å². The molecule has 0 aromatic heterocycles. The minimum atomic E-state index is -4.90. The van der Waals surface area contributed by atoms with E-state index in [9.17, 15) is 35.9 Å². The Balaban J connectivity index is 1.46. The van der Waals surface area contributed by atoms with Gasteiger partial charge in [-0.05, 0) is 85.0 Å². The van der Waals surface area contributed by atoms with Gasteiger partial charge in [-0.2, -0.15) is 26.3 Å². The SMILES string of the molecule is C[C@]12C=CC(=O)N[C@@H]1CC[C@H]1C3CC4c5c(C(F)(F)F)ccc(C(F)(F)F)c5NC(=O)[C@@H]4[C@@]3(C)CC[C@@H]12. The highest BCUT2D eigenvalue weighted by Gasteiger charge is 2.65. The Kier molecular flexibility index (Phi) is 5.05. The van der Waals surface area contributed by atoms with Crippen LogP contribution >= 0.6 is 0 Å². The number of benzene rings is 1. The second kappa shape index (κ2) is 7.53. The van der Waals surface area contributed by atoms with E-state index in [1.165, 1.54) is 0 Å². The molecule has 3 fully saturated rings. The number of alkyl halides is 6. The summed E-state index contributed by atoms with van der Waals surface area (Å²) < 4.78 is 83.9. The second-order valence-corrected chi connectivity index (χ2v) is 12.0. The van der Waals surface area contributed by atoms with Gasteiger partial charge < -0.3 is 10.6 Å². The van der Waals surface area contributed by atoms with Crippen LogP contribution in [0.3, 0.4) is 0 Å². The fourth-order valence-electron chi connectivity index (χ4n) is 8.97. The maximum atomic E-state index is 14.1. The zero-order chi connectivity index (χ0) is 26.7. The lowest BCUT2D eigenvalue weighted by Crippen LogP contribution is -2.59. The molecule has 2 unspecified atom stereocenters. The predicted octanol–water partition coefficient (Wildman–Crippen LogP) is 6.28. The summed E-state index contributed by atoms with van der Waals surface area (Å²) in [6, 6.07) is 0.910. The van der Waals surface area contributed by atoms with E-state index >= 15 is 0 Å². The minimum Gasteiger partial charge on any atom is -0.349 e. The third kappa shape index (κ3) is 3.35. The molecule has 0 saturated heterocycles. The fraction of sp³-hybridized carbons (Fsp3) is 0.630. The van der Waals surface area contributed by atoms with E-state index in [1.54, 1.807) is 6.08 Å². The predicted molar refractivity (Wildman–Crippen MR) is 122 cm³/mol. The van der Waals surface area contributed by atoms with Crippen LogP contribution in [0, 0.1) is 34.5 Å². The number of fused-ring (bicyclic) bond motifs is 9. The van der Waals surface area contributed by atoms with Crippen LogP contribution in [-0.4, -0.2) is 17.9 Å². The molecule has 1 aromatic rings. The summed E-state index contributed by atoms with van der Waals surface area (Å²) in [4.78, 5) is 25.4. The smallest absolute Gasteiger partial charge is 0.349 e. The molecule has 3 saturated carbocycles. The molecular formula is C27H28F6N2O2. The van der Waals surface area contributed by atoms with Gasteiger partial charge in [0.2, 0.25) is 11.8 Å². The van der Waals surface area contributed by atoms with Crippen molar-refractivity contribution in [3.05, 3.63) is 41.0 Å². The first kappa shape index (κ1) is 24.8. The molecule has 2 amide bonds. The van der Waals surface area contributed by atoms with Crippen LogP contribution in [0.1, 0.15) is 68.6 Å². The van der Waals surface area contributed by atoms with E-state index in [2.05, 4.69) is 17.6 Å². The molecule has 200 valence electrons. The highest BCUT2D eigenvalue weighted by Crippen LogP contribution is 2.70. The van der Waals surface area contributed by atoms with Crippen LogP contribution < -0.4 is 10.6 Å². The maximum Gasteiger partial charge on any atom is 0.418 e. The van der Waals surface area contributed by atoms with Crippen molar-refractivity contribution in [1.29, 1.82) is 0 Å². The van der Waals surface area contributed by atoms with Crippen molar-refractivity contribution in [2.45, 2.75) is 70.3 Å². The molecule has 4 nitrogen and oxygen atoms in total. The molecule has 3 aliphatic carbocycles. The van der Waals surface area contributed by atoms with Gasteiger partial charge in [0.15, 0.2) is 0 Å². The molecule has 5 aliphatic rings. The summed E-state index contributed by atoms with van der Waals surface area (Å²) in [5.41, 5.74) is -4.43. The summed E-state index contributed by atoms with van der Waals surface area (Å²) in [6.45, 7) is 4.05. The normalized spacial score (nSPS) is 40.5. The molecule has 0 bridgehead atoms. The molecule has 1 aromatic carbocycles. The molecule has 8 atom stereocenters. The van der Waals surface area contributed by atoms with Crippen molar-refractivity contribution < 1.29 is 35.9 Å². The molecule has 37 heavy (non-hydrogen) atoms. The Labute approximate surface area is 210 Å². The van der Waals surface area contributed by atoms with Crippen LogP contribution in [0.15, 0.2) is 24.3 Å². The van der Waals surface area contributed by atoms with Gasteiger partial charge in [-0.1, -0.05) is 19.9 Å². The van der Waals surface area contributed by atoms with Crippen LogP contribution in [0.4, 0.5) is 32.0 Å².